The van der Waals surface area contributed by atoms with Crippen molar-refractivity contribution in [3.63, 3.8) is 0 Å². The molecule has 7 heteroatoms. The molecule has 0 radical (unpaired) electrons. The summed E-state index contributed by atoms with van der Waals surface area (Å²) in [6.45, 7) is 0.984. The van der Waals surface area contributed by atoms with Crippen LogP contribution < -0.4 is 10.6 Å². The second-order valence-corrected chi connectivity index (χ2v) is 7.84. The molecular formula is C19H23FN2O3S. The second-order valence-electron chi connectivity index (χ2n) is 6.56. The summed E-state index contributed by atoms with van der Waals surface area (Å²) in [7, 11) is 1.60. The minimum atomic E-state index is -0.341. The van der Waals surface area contributed by atoms with Crippen LogP contribution in [0.1, 0.15) is 24.8 Å². The molecule has 3 atom stereocenters. The van der Waals surface area contributed by atoms with E-state index in [9.17, 15) is 14.0 Å². The normalized spacial score (nSPS) is 26.9. The van der Waals surface area contributed by atoms with Crippen LogP contribution in [0, 0.1) is 11.7 Å². The minimum Gasteiger partial charge on any atom is -0.383 e. The lowest BCUT2D eigenvalue weighted by Gasteiger charge is -2.39. The molecule has 1 heterocycles. The van der Waals surface area contributed by atoms with Gasteiger partial charge in [-0.25, -0.2) is 4.39 Å². The summed E-state index contributed by atoms with van der Waals surface area (Å²) in [5.41, 5.74) is 0.412. The summed E-state index contributed by atoms with van der Waals surface area (Å²) in [4.78, 5) is 25.2. The molecule has 0 bridgehead atoms. The quantitative estimate of drug-likeness (QED) is 0.610. The first-order valence-electron chi connectivity index (χ1n) is 8.79. The van der Waals surface area contributed by atoms with Gasteiger partial charge < -0.3 is 15.4 Å². The molecule has 1 aromatic carbocycles. The van der Waals surface area contributed by atoms with Crippen molar-refractivity contribution in [1.82, 2.24) is 10.6 Å². The summed E-state index contributed by atoms with van der Waals surface area (Å²) in [5, 5.41) is 6.09. The summed E-state index contributed by atoms with van der Waals surface area (Å²) in [5.74, 6) is -0.606. The van der Waals surface area contributed by atoms with Crippen molar-refractivity contribution < 1.29 is 18.7 Å². The van der Waals surface area contributed by atoms with E-state index in [2.05, 4.69) is 10.6 Å². The lowest BCUT2D eigenvalue weighted by Crippen LogP contribution is -2.51. The molecule has 3 unspecified atom stereocenters. The Morgan fingerprint density at radius 1 is 1.42 bits per heavy atom. The fraction of sp³-hybridized carbons (Fsp3) is 0.474. The van der Waals surface area contributed by atoms with E-state index in [1.165, 1.54) is 17.8 Å². The second kappa shape index (κ2) is 8.68. The maximum Gasteiger partial charge on any atom is 0.257 e. The number of carbonyl (C=O) groups is 2. The number of methoxy groups -OCH3 is 1. The van der Waals surface area contributed by atoms with Gasteiger partial charge in [0.25, 0.3) is 5.91 Å². The highest BCUT2D eigenvalue weighted by Crippen LogP contribution is 2.40. The molecule has 3 rings (SSSR count). The predicted molar refractivity (Wildman–Crippen MR) is 99.9 cm³/mol. The van der Waals surface area contributed by atoms with Gasteiger partial charge in [0.15, 0.2) is 0 Å². The maximum atomic E-state index is 13.8. The number of ether oxygens (including phenoxy) is 1. The Balaban J connectivity index is 1.62. The first-order chi connectivity index (χ1) is 12.6. The third-order valence-corrected chi connectivity index (χ3v) is 6.20. The van der Waals surface area contributed by atoms with Crippen molar-refractivity contribution in [1.29, 1.82) is 0 Å². The SMILES string of the molecule is COCCNC(=O)C1CCC2S/C(=C/c3ccccc3F)C(=O)NC2C1. The number of fused-ring (bicyclic) bond motifs is 1. The van der Waals surface area contributed by atoms with Gasteiger partial charge in [0, 0.05) is 36.4 Å². The largest absolute Gasteiger partial charge is 0.383 e. The fourth-order valence-corrected chi connectivity index (χ4v) is 4.67. The number of carbonyl (C=O) groups excluding carboxylic acids is 2. The van der Waals surface area contributed by atoms with Crippen molar-refractivity contribution >= 4 is 29.7 Å². The Kier molecular flexibility index (Phi) is 6.32. The molecule has 1 saturated heterocycles. The molecule has 1 saturated carbocycles. The number of amides is 2. The fourth-order valence-electron chi connectivity index (χ4n) is 3.38. The van der Waals surface area contributed by atoms with Crippen LogP contribution in [0.2, 0.25) is 0 Å². The summed E-state index contributed by atoms with van der Waals surface area (Å²) < 4.78 is 18.8. The summed E-state index contributed by atoms with van der Waals surface area (Å²) in [6, 6.07) is 6.38. The van der Waals surface area contributed by atoms with Gasteiger partial charge >= 0.3 is 0 Å². The summed E-state index contributed by atoms with van der Waals surface area (Å²) in [6.07, 6.45) is 3.87. The molecule has 0 spiro atoms. The monoisotopic (exact) mass is 378 g/mol. The molecule has 2 amide bonds. The third kappa shape index (κ3) is 4.45. The molecule has 2 N–H and O–H groups in total. The Labute approximate surface area is 156 Å². The smallest absolute Gasteiger partial charge is 0.257 e. The Morgan fingerprint density at radius 3 is 3.00 bits per heavy atom. The number of thioether (sulfide) groups is 1. The molecule has 0 aromatic heterocycles. The van der Waals surface area contributed by atoms with Crippen molar-refractivity contribution in [2.45, 2.75) is 30.6 Å². The highest BCUT2D eigenvalue weighted by Gasteiger charge is 2.39. The van der Waals surface area contributed by atoms with Crippen LogP contribution in [0.25, 0.3) is 6.08 Å². The van der Waals surface area contributed by atoms with Crippen LogP contribution in [-0.2, 0) is 14.3 Å². The van der Waals surface area contributed by atoms with Gasteiger partial charge in [-0.1, -0.05) is 18.2 Å². The van der Waals surface area contributed by atoms with Gasteiger partial charge in [0.1, 0.15) is 5.82 Å². The Hall–Kier alpha value is -1.86. The summed E-state index contributed by atoms with van der Waals surface area (Å²) >= 11 is 1.49. The van der Waals surface area contributed by atoms with E-state index in [-0.39, 0.29) is 34.8 Å². The average Bonchev–Trinajstić information content (AvgIpc) is 2.64. The minimum absolute atomic E-state index is 0.0208. The van der Waals surface area contributed by atoms with E-state index >= 15 is 0 Å². The zero-order chi connectivity index (χ0) is 18.5. The van der Waals surface area contributed by atoms with Gasteiger partial charge in [-0.3, -0.25) is 9.59 Å². The molecule has 26 heavy (non-hydrogen) atoms. The van der Waals surface area contributed by atoms with E-state index in [0.29, 0.717) is 30.0 Å². The lowest BCUT2D eigenvalue weighted by atomic mass is 9.84. The lowest BCUT2D eigenvalue weighted by molar-refractivity contribution is -0.127. The first-order valence-corrected chi connectivity index (χ1v) is 9.67. The number of hydrogen-bond acceptors (Lipinski definition) is 4. The molecule has 140 valence electrons. The van der Waals surface area contributed by atoms with Gasteiger partial charge in [-0.2, -0.15) is 0 Å². The van der Waals surface area contributed by atoms with Crippen molar-refractivity contribution in [2.24, 2.45) is 5.92 Å². The molecule has 1 aliphatic carbocycles. The van der Waals surface area contributed by atoms with Crippen LogP contribution in [0.3, 0.4) is 0 Å². The third-order valence-electron chi connectivity index (χ3n) is 4.77. The highest BCUT2D eigenvalue weighted by atomic mass is 32.2. The number of rotatable bonds is 5. The van der Waals surface area contributed by atoms with Crippen LogP contribution in [-0.4, -0.2) is 43.4 Å². The van der Waals surface area contributed by atoms with Crippen molar-refractivity contribution in [3.05, 3.63) is 40.6 Å². The first kappa shape index (κ1) is 18.9. The van der Waals surface area contributed by atoms with Crippen molar-refractivity contribution in [3.8, 4) is 0 Å². The average molecular weight is 378 g/mol. The van der Waals surface area contributed by atoms with Crippen LogP contribution in [0.4, 0.5) is 4.39 Å². The van der Waals surface area contributed by atoms with Crippen molar-refractivity contribution in [2.75, 3.05) is 20.3 Å². The van der Waals surface area contributed by atoms with Gasteiger partial charge in [0.05, 0.1) is 11.5 Å². The molecule has 1 aliphatic heterocycles. The maximum absolute atomic E-state index is 13.8. The predicted octanol–water partition coefficient (Wildman–Crippen LogP) is 2.33. The molecule has 1 aromatic rings. The van der Waals surface area contributed by atoms with E-state index in [1.807, 2.05) is 0 Å². The number of benzene rings is 1. The zero-order valence-electron chi connectivity index (χ0n) is 14.7. The van der Waals surface area contributed by atoms with Crippen LogP contribution >= 0.6 is 11.8 Å². The topological polar surface area (TPSA) is 67.4 Å². The Bertz CT molecular complexity index is 710. The standard InChI is InChI=1S/C19H23FN2O3S/c1-25-9-8-21-18(23)13-6-7-16-15(10-13)22-19(24)17(26-16)11-12-4-2-3-5-14(12)20/h2-5,11,13,15-16H,6-10H2,1H3,(H,21,23)(H,22,24)/b17-11+. The van der Waals surface area contributed by atoms with E-state index < -0.39 is 0 Å². The molecular weight excluding hydrogens is 355 g/mol. The number of hydrogen-bond donors (Lipinski definition) is 2. The Morgan fingerprint density at radius 2 is 2.23 bits per heavy atom. The molecule has 2 fully saturated rings. The van der Waals surface area contributed by atoms with E-state index in [4.69, 9.17) is 4.74 Å². The molecule has 5 nitrogen and oxygen atoms in total. The van der Waals surface area contributed by atoms with Gasteiger partial charge in [-0.05, 0) is 31.4 Å². The van der Waals surface area contributed by atoms with Crippen LogP contribution in [0.5, 0.6) is 0 Å². The zero-order valence-corrected chi connectivity index (χ0v) is 15.5. The van der Waals surface area contributed by atoms with Gasteiger partial charge in [0.2, 0.25) is 5.91 Å². The highest BCUT2D eigenvalue weighted by molar-refractivity contribution is 8.04. The van der Waals surface area contributed by atoms with Gasteiger partial charge in [-0.15, -0.1) is 11.8 Å². The number of halogens is 1. The van der Waals surface area contributed by atoms with Crippen LogP contribution in [0.15, 0.2) is 29.2 Å². The number of nitrogens with one attached hydrogen (secondary N) is 2. The van der Waals surface area contributed by atoms with E-state index in [1.54, 1.807) is 31.4 Å². The molecule has 2 aliphatic rings. The van der Waals surface area contributed by atoms with E-state index in [0.717, 1.165) is 12.8 Å².